The highest BCUT2D eigenvalue weighted by molar-refractivity contribution is 5.75. The van der Waals surface area contributed by atoms with Crippen LogP contribution in [0.5, 0.6) is 5.88 Å². The van der Waals surface area contributed by atoms with E-state index in [1.54, 1.807) is 14.2 Å². The summed E-state index contributed by atoms with van der Waals surface area (Å²) >= 11 is 0. The molecule has 1 spiro atoms. The van der Waals surface area contributed by atoms with Crippen LogP contribution in [0.3, 0.4) is 0 Å². The highest BCUT2D eigenvalue weighted by atomic mass is 16.6. The zero-order valence-corrected chi connectivity index (χ0v) is 10.7. The predicted molar refractivity (Wildman–Crippen MR) is 67.3 cm³/mol. The molecule has 2 heterocycles. The van der Waals surface area contributed by atoms with Crippen LogP contribution in [-0.4, -0.2) is 31.4 Å². The van der Waals surface area contributed by atoms with E-state index >= 15 is 0 Å². The van der Waals surface area contributed by atoms with Crippen LogP contribution in [0.1, 0.15) is 25.0 Å². The van der Waals surface area contributed by atoms with E-state index in [0.717, 1.165) is 42.9 Å². The van der Waals surface area contributed by atoms with Gasteiger partial charge in [0, 0.05) is 18.1 Å². The number of hydrogen-bond acceptors (Lipinski definition) is 4. The normalized spacial score (nSPS) is 26.3. The quantitative estimate of drug-likeness (QED) is 0.769. The van der Waals surface area contributed by atoms with Crippen molar-refractivity contribution in [1.82, 2.24) is 4.98 Å². The lowest BCUT2D eigenvalue weighted by molar-refractivity contribution is 0.246. The number of rotatable bonds is 3. The molecule has 1 aromatic rings. The number of epoxide rings is 1. The van der Waals surface area contributed by atoms with Gasteiger partial charge in [0.2, 0.25) is 5.88 Å². The van der Waals surface area contributed by atoms with Gasteiger partial charge >= 0.3 is 0 Å². The Kier molecular flexibility index (Phi) is 2.74. The molecule has 0 amide bonds. The molecule has 0 radical (unpaired) electrons. The Bertz CT molecular complexity index is 492. The summed E-state index contributed by atoms with van der Waals surface area (Å²) < 4.78 is 16.4. The maximum Gasteiger partial charge on any atom is 0.213 e. The minimum Gasteiger partial charge on any atom is -0.501 e. The first kappa shape index (κ1) is 11.5. The molecule has 1 unspecified atom stereocenters. The summed E-state index contributed by atoms with van der Waals surface area (Å²) in [5, 5.41) is 0. The highest BCUT2D eigenvalue weighted by Gasteiger charge is 2.52. The molecule has 4 nitrogen and oxygen atoms in total. The average molecular weight is 247 g/mol. The van der Waals surface area contributed by atoms with Crippen molar-refractivity contribution >= 4 is 5.57 Å². The second-order valence-corrected chi connectivity index (χ2v) is 4.70. The summed E-state index contributed by atoms with van der Waals surface area (Å²) in [5.41, 5.74) is 1.86. The Labute approximate surface area is 107 Å². The molecule has 3 rings (SSSR count). The largest absolute Gasteiger partial charge is 0.501 e. The third-order valence-electron chi connectivity index (χ3n) is 3.65. The van der Waals surface area contributed by atoms with Crippen molar-refractivity contribution in [2.24, 2.45) is 0 Å². The van der Waals surface area contributed by atoms with E-state index in [0.29, 0.717) is 5.88 Å². The second-order valence-electron chi connectivity index (χ2n) is 4.70. The fourth-order valence-electron chi connectivity index (χ4n) is 2.66. The monoisotopic (exact) mass is 247 g/mol. The van der Waals surface area contributed by atoms with E-state index < -0.39 is 0 Å². The number of methoxy groups -OCH3 is 2. The first-order chi connectivity index (χ1) is 8.79. The van der Waals surface area contributed by atoms with E-state index in [4.69, 9.17) is 14.2 Å². The zero-order valence-electron chi connectivity index (χ0n) is 10.7. The standard InChI is InChI=1S/C14H17NO3/c1-16-11-6-4-8-14(9-18-14)13(11)10-5-3-7-12(15-10)17-2/h3,5,7H,4,6,8-9H2,1-2H3. The van der Waals surface area contributed by atoms with E-state index in [1.165, 1.54) is 0 Å². The number of ether oxygens (including phenoxy) is 3. The molecular formula is C14H17NO3. The fraction of sp³-hybridized carbons (Fsp3) is 0.500. The van der Waals surface area contributed by atoms with Crippen LogP contribution in [-0.2, 0) is 9.47 Å². The molecule has 1 aromatic heterocycles. The molecule has 4 heteroatoms. The van der Waals surface area contributed by atoms with Gasteiger partial charge in [-0.2, -0.15) is 0 Å². The molecule has 1 aliphatic heterocycles. The van der Waals surface area contributed by atoms with E-state index in [-0.39, 0.29) is 5.60 Å². The highest BCUT2D eigenvalue weighted by Crippen LogP contribution is 2.50. The number of nitrogens with zero attached hydrogens (tertiary/aromatic N) is 1. The number of pyridine rings is 1. The van der Waals surface area contributed by atoms with Gasteiger partial charge in [-0.1, -0.05) is 6.07 Å². The van der Waals surface area contributed by atoms with Crippen molar-refractivity contribution in [3.63, 3.8) is 0 Å². The van der Waals surface area contributed by atoms with E-state index in [9.17, 15) is 0 Å². The summed E-state index contributed by atoms with van der Waals surface area (Å²) in [6.45, 7) is 0.772. The van der Waals surface area contributed by atoms with Gasteiger partial charge in [0.25, 0.3) is 0 Å². The van der Waals surface area contributed by atoms with Crippen molar-refractivity contribution in [1.29, 1.82) is 0 Å². The fourth-order valence-corrected chi connectivity index (χ4v) is 2.66. The molecule has 2 aliphatic rings. The van der Waals surface area contributed by atoms with Gasteiger partial charge < -0.3 is 14.2 Å². The van der Waals surface area contributed by atoms with E-state index in [2.05, 4.69) is 4.98 Å². The molecular weight excluding hydrogens is 230 g/mol. The van der Waals surface area contributed by atoms with Gasteiger partial charge in [-0.15, -0.1) is 0 Å². The summed E-state index contributed by atoms with van der Waals surface area (Å²) in [4.78, 5) is 4.51. The summed E-state index contributed by atoms with van der Waals surface area (Å²) in [7, 11) is 3.35. The Hall–Kier alpha value is -1.55. The van der Waals surface area contributed by atoms with Gasteiger partial charge in [-0.05, 0) is 18.9 Å². The number of allylic oxidation sites excluding steroid dienone is 1. The maximum absolute atomic E-state index is 5.69. The Morgan fingerprint density at radius 2 is 2.11 bits per heavy atom. The van der Waals surface area contributed by atoms with Crippen LogP contribution in [0, 0.1) is 0 Å². The minimum atomic E-state index is -0.150. The SMILES string of the molecule is COC1=C(c2cccc(OC)n2)C2(CCC1)CO2. The Morgan fingerprint density at radius 1 is 1.28 bits per heavy atom. The van der Waals surface area contributed by atoms with E-state index in [1.807, 2.05) is 18.2 Å². The molecule has 1 atom stereocenters. The number of hydrogen-bond donors (Lipinski definition) is 0. The molecule has 18 heavy (non-hydrogen) atoms. The molecule has 0 saturated carbocycles. The first-order valence-corrected chi connectivity index (χ1v) is 6.22. The smallest absolute Gasteiger partial charge is 0.213 e. The van der Waals surface area contributed by atoms with Gasteiger partial charge in [-0.3, -0.25) is 0 Å². The first-order valence-electron chi connectivity index (χ1n) is 6.22. The number of aromatic nitrogens is 1. The van der Waals surface area contributed by atoms with Crippen LogP contribution in [0.4, 0.5) is 0 Å². The van der Waals surface area contributed by atoms with Crippen molar-refractivity contribution in [3.05, 3.63) is 29.7 Å². The third kappa shape index (κ3) is 1.77. The average Bonchev–Trinajstić information content (AvgIpc) is 3.18. The van der Waals surface area contributed by atoms with Crippen molar-refractivity contribution in [2.75, 3.05) is 20.8 Å². The summed E-state index contributed by atoms with van der Waals surface area (Å²) in [5.74, 6) is 1.62. The topological polar surface area (TPSA) is 43.9 Å². The zero-order chi connectivity index (χ0) is 12.6. The van der Waals surface area contributed by atoms with Crippen LogP contribution in [0.15, 0.2) is 24.0 Å². The van der Waals surface area contributed by atoms with Gasteiger partial charge in [0.1, 0.15) is 11.4 Å². The lowest BCUT2D eigenvalue weighted by Crippen LogP contribution is -2.21. The lowest BCUT2D eigenvalue weighted by Gasteiger charge is -2.25. The van der Waals surface area contributed by atoms with Gasteiger partial charge in [0.15, 0.2) is 0 Å². The van der Waals surface area contributed by atoms with Crippen molar-refractivity contribution in [2.45, 2.75) is 24.9 Å². The molecule has 1 saturated heterocycles. The maximum atomic E-state index is 5.69. The molecule has 0 bridgehead atoms. The van der Waals surface area contributed by atoms with Crippen molar-refractivity contribution in [3.8, 4) is 5.88 Å². The van der Waals surface area contributed by atoms with Crippen LogP contribution >= 0.6 is 0 Å². The van der Waals surface area contributed by atoms with Gasteiger partial charge in [-0.25, -0.2) is 4.98 Å². The lowest BCUT2D eigenvalue weighted by atomic mass is 9.84. The van der Waals surface area contributed by atoms with Crippen molar-refractivity contribution < 1.29 is 14.2 Å². The molecule has 0 aromatic carbocycles. The molecule has 1 aliphatic carbocycles. The second kappa shape index (κ2) is 4.28. The molecule has 96 valence electrons. The van der Waals surface area contributed by atoms with Crippen LogP contribution in [0.25, 0.3) is 5.57 Å². The molecule has 1 fully saturated rings. The summed E-state index contributed by atoms with van der Waals surface area (Å²) in [6.07, 6.45) is 3.11. The Morgan fingerprint density at radius 3 is 2.78 bits per heavy atom. The third-order valence-corrected chi connectivity index (χ3v) is 3.65. The van der Waals surface area contributed by atoms with Crippen LogP contribution < -0.4 is 4.74 Å². The summed E-state index contributed by atoms with van der Waals surface area (Å²) in [6, 6.07) is 5.79. The molecule has 0 N–H and O–H groups in total. The Balaban J connectivity index is 2.08. The predicted octanol–water partition coefficient (Wildman–Crippen LogP) is 2.40. The minimum absolute atomic E-state index is 0.150. The van der Waals surface area contributed by atoms with Gasteiger partial charge in [0.05, 0.1) is 26.5 Å². The van der Waals surface area contributed by atoms with Crippen LogP contribution in [0.2, 0.25) is 0 Å².